The van der Waals surface area contributed by atoms with Gasteiger partial charge in [0.25, 0.3) is 5.56 Å². The Bertz CT molecular complexity index is 1080. The summed E-state index contributed by atoms with van der Waals surface area (Å²) in [6, 6.07) is 20.1. The lowest BCUT2D eigenvalue weighted by Crippen LogP contribution is -2.33. The smallest absolute Gasteiger partial charge is 0.265 e. The molecule has 0 saturated carbocycles. The normalized spacial score (nSPS) is 15.0. The highest BCUT2D eigenvalue weighted by molar-refractivity contribution is 7.15. The lowest BCUT2D eigenvalue weighted by Gasteiger charge is -2.29. The molecule has 3 heterocycles. The van der Waals surface area contributed by atoms with Crippen molar-refractivity contribution < 1.29 is 4.74 Å². The van der Waals surface area contributed by atoms with Gasteiger partial charge in [-0.1, -0.05) is 60.7 Å². The van der Waals surface area contributed by atoms with Gasteiger partial charge in [-0.05, 0) is 0 Å². The number of aromatic nitrogens is 2. The van der Waals surface area contributed by atoms with Crippen LogP contribution in [-0.2, 0) is 12.0 Å². The van der Waals surface area contributed by atoms with Gasteiger partial charge in [0.15, 0.2) is 10.6 Å². The molecule has 0 spiro atoms. The second kappa shape index (κ2) is 5.29. The molecule has 0 aliphatic carbocycles. The molecule has 0 saturated heterocycles. The van der Waals surface area contributed by atoms with E-state index in [4.69, 9.17) is 4.74 Å². The van der Waals surface area contributed by atoms with Crippen LogP contribution in [0.25, 0.3) is 4.96 Å². The standard InChI is InChI=1S/C20H14N2O2S/c23-18-16-13-20(14-7-3-1-4-8-14,15-9-5-2-6-10-15)24-17(16)21-19-22(18)11-12-25-19/h1-12H,13H2. The van der Waals surface area contributed by atoms with Crippen molar-refractivity contribution in [3.63, 3.8) is 0 Å². The molecular weight excluding hydrogens is 332 g/mol. The summed E-state index contributed by atoms with van der Waals surface area (Å²) < 4.78 is 8.00. The van der Waals surface area contributed by atoms with E-state index in [1.165, 1.54) is 11.3 Å². The highest BCUT2D eigenvalue weighted by Crippen LogP contribution is 2.43. The molecule has 0 bridgehead atoms. The quantitative estimate of drug-likeness (QED) is 0.557. The fraction of sp³-hybridized carbons (Fsp3) is 0.100. The summed E-state index contributed by atoms with van der Waals surface area (Å²) in [5.74, 6) is 0.445. The first-order valence-corrected chi connectivity index (χ1v) is 8.95. The third-order valence-corrected chi connectivity index (χ3v) is 5.46. The molecule has 5 rings (SSSR count). The summed E-state index contributed by atoms with van der Waals surface area (Å²) in [5, 5.41) is 1.86. The number of benzene rings is 2. The van der Waals surface area contributed by atoms with Crippen LogP contribution in [0.3, 0.4) is 0 Å². The molecule has 0 N–H and O–H groups in total. The molecular formula is C20H14N2O2S. The number of hydrogen-bond acceptors (Lipinski definition) is 4. The van der Waals surface area contributed by atoms with E-state index in [2.05, 4.69) is 4.98 Å². The third kappa shape index (κ3) is 2.06. The maximum absolute atomic E-state index is 12.9. The zero-order valence-electron chi connectivity index (χ0n) is 13.3. The molecule has 4 aromatic rings. The summed E-state index contributed by atoms with van der Waals surface area (Å²) in [6.45, 7) is 0. The summed E-state index contributed by atoms with van der Waals surface area (Å²) in [6.07, 6.45) is 2.24. The van der Waals surface area contributed by atoms with Crippen molar-refractivity contribution in [2.75, 3.05) is 0 Å². The van der Waals surface area contributed by atoms with Crippen LogP contribution in [0, 0.1) is 0 Å². The second-order valence-corrected chi connectivity index (χ2v) is 6.97. The van der Waals surface area contributed by atoms with E-state index >= 15 is 0 Å². The first-order chi connectivity index (χ1) is 12.3. The van der Waals surface area contributed by atoms with E-state index < -0.39 is 5.60 Å². The lowest BCUT2D eigenvalue weighted by molar-refractivity contribution is 0.135. The van der Waals surface area contributed by atoms with Crippen LogP contribution in [0.1, 0.15) is 16.7 Å². The maximum Gasteiger partial charge on any atom is 0.265 e. The average Bonchev–Trinajstić information content (AvgIpc) is 3.29. The summed E-state index contributed by atoms with van der Waals surface area (Å²) >= 11 is 1.43. The van der Waals surface area contributed by atoms with Crippen LogP contribution in [0.2, 0.25) is 0 Å². The monoisotopic (exact) mass is 346 g/mol. The van der Waals surface area contributed by atoms with Gasteiger partial charge in [-0.25, -0.2) is 0 Å². The van der Waals surface area contributed by atoms with Gasteiger partial charge in [0.05, 0.1) is 5.56 Å². The molecule has 0 fully saturated rings. The van der Waals surface area contributed by atoms with Crippen LogP contribution in [0.5, 0.6) is 5.88 Å². The van der Waals surface area contributed by atoms with Gasteiger partial charge in [-0.2, -0.15) is 4.98 Å². The van der Waals surface area contributed by atoms with Crippen molar-refractivity contribution in [3.05, 3.63) is 99.3 Å². The molecule has 0 atom stereocenters. The maximum atomic E-state index is 12.9. The number of hydrogen-bond donors (Lipinski definition) is 0. The molecule has 0 radical (unpaired) electrons. The SMILES string of the molecule is O=c1c2c(nc3sccn13)OC(c1ccccc1)(c1ccccc1)C2. The minimum Gasteiger partial charge on any atom is -0.460 e. The Kier molecular flexibility index (Phi) is 3.05. The molecule has 0 amide bonds. The Hall–Kier alpha value is -2.92. The van der Waals surface area contributed by atoms with Crippen molar-refractivity contribution in [2.45, 2.75) is 12.0 Å². The minimum atomic E-state index is -0.721. The second-order valence-electron chi connectivity index (χ2n) is 6.09. The van der Waals surface area contributed by atoms with Crippen molar-refractivity contribution in [1.29, 1.82) is 0 Å². The van der Waals surface area contributed by atoms with Crippen LogP contribution in [-0.4, -0.2) is 9.38 Å². The van der Waals surface area contributed by atoms with Crippen LogP contribution < -0.4 is 10.3 Å². The lowest BCUT2D eigenvalue weighted by atomic mass is 9.83. The first kappa shape index (κ1) is 14.4. The highest BCUT2D eigenvalue weighted by Gasteiger charge is 2.45. The number of rotatable bonds is 2. The van der Waals surface area contributed by atoms with Gasteiger partial charge in [0.2, 0.25) is 5.88 Å². The zero-order chi connectivity index (χ0) is 16.9. The van der Waals surface area contributed by atoms with E-state index in [9.17, 15) is 4.79 Å². The van der Waals surface area contributed by atoms with Crippen molar-refractivity contribution >= 4 is 16.3 Å². The van der Waals surface area contributed by atoms with E-state index in [0.717, 1.165) is 11.1 Å². The molecule has 0 unspecified atom stereocenters. The number of fused-ring (bicyclic) bond motifs is 2. The fourth-order valence-electron chi connectivity index (χ4n) is 3.49. The van der Waals surface area contributed by atoms with Gasteiger partial charge < -0.3 is 4.74 Å². The topological polar surface area (TPSA) is 43.6 Å². The third-order valence-electron chi connectivity index (χ3n) is 4.70. The van der Waals surface area contributed by atoms with Gasteiger partial charge in [0.1, 0.15) is 0 Å². The summed E-state index contributed by atoms with van der Waals surface area (Å²) in [5.41, 5.74) is 1.90. The van der Waals surface area contributed by atoms with Crippen molar-refractivity contribution in [3.8, 4) is 5.88 Å². The molecule has 2 aromatic heterocycles. The highest BCUT2D eigenvalue weighted by atomic mass is 32.1. The Morgan fingerprint density at radius 1 is 1.00 bits per heavy atom. The van der Waals surface area contributed by atoms with Gasteiger partial charge in [-0.3, -0.25) is 9.20 Å². The largest absolute Gasteiger partial charge is 0.460 e. The Morgan fingerprint density at radius 2 is 1.64 bits per heavy atom. The van der Waals surface area contributed by atoms with E-state index in [0.29, 0.717) is 22.8 Å². The van der Waals surface area contributed by atoms with Crippen LogP contribution >= 0.6 is 11.3 Å². The van der Waals surface area contributed by atoms with Crippen LogP contribution in [0.4, 0.5) is 0 Å². The van der Waals surface area contributed by atoms with Crippen LogP contribution in [0.15, 0.2) is 77.0 Å². The molecule has 5 heteroatoms. The fourth-order valence-corrected chi connectivity index (χ4v) is 4.19. The molecule has 4 nitrogen and oxygen atoms in total. The molecule has 1 aliphatic heterocycles. The van der Waals surface area contributed by atoms with E-state index in [1.54, 1.807) is 10.6 Å². The predicted molar refractivity (Wildman–Crippen MR) is 97.3 cm³/mol. The van der Waals surface area contributed by atoms with Gasteiger partial charge in [0, 0.05) is 29.1 Å². The van der Waals surface area contributed by atoms with E-state index in [-0.39, 0.29) is 5.56 Å². The first-order valence-electron chi connectivity index (χ1n) is 8.07. The van der Waals surface area contributed by atoms with Gasteiger partial charge in [-0.15, -0.1) is 11.3 Å². The minimum absolute atomic E-state index is 0.0463. The molecule has 1 aliphatic rings. The average molecular weight is 346 g/mol. The van der Waals surface area contributed by atoms with Gasteiger partial charge >= 0.3 is 0 Å². The van der Waals surface area contributed by atoms with Crippen molar-refractivity contribution in [2.24, 2.45) is 0 Å². The number of nitrogens with zero attached hydrogens (tertiary/aromatic N) is 2. The predicted octanol–water partition coefficient (Wildman–Crippen LogP) is 3.63. The Labute approximate surface area is 148 Å². The zero-order valence-corrected chi connectivity index (χ0v) is 14.1. The Balaban J connectivity index is 1.76. The molecule has 122 valence electrons. The molecule has 25 heavy (non-hydrogen) atoms. The van der Waals surface area contributed by atoms with Crippen molar-refractivity contribution in [1.82, 2.24) is 9.38 Å². The number of ether oxygens (including phenoxy) is 1. The summed E-state index contributed by atoms with van der Waals surface area (Å²) in [4.78, 5) is 18.1. The number of thiazole rings is 1. The van der Waals surface area contributed by atoms with E-state index in [1.807, 2.05) is 66.0 Å². The Morgan fingerprint density at radius 3 is 2.28 bits per heavy atom. The molecule has 2 aromatic carbocycles. The summed E-state index contributed by atoms with van der Waals surface area (Å²) in [7, 11) is 0.